The first-order valence-corrected chi connectivity index (χ1v) is 9.24. The van der Waals surface area contributed by atoms with Crippen LogP contribution in [0.1, 0.15) is 91.9 Å². The Morgan fingerprint density at radius 2 is 1.55 bits per heavy atom. The molecule has 20 heavy (non-hydrogen) atoms. The molecule has 0 amide bonds. The quantitative estimate of drug-likeness (QED) is 0.314. The van der Waals surface area contributed by atoms with Gasteiger partial charge in [-0.1, -0.05) is 71.4 Å². The van der Waals surface area contributed by atoms with Gasteiger partial charge in [0.05, 0.1) is 0 Å². The summed E-state index contributed by atoms with van der Waals surface area (Å²) < 4.78 is 0. The van der Waals surface area contributed by atoms with Gasteiger partial charge < -0.3 is 0 Å². The van der Waals surface area contributed by atoms with E-state index < -0.39 is 0 Å². The van der Waals surface area contributed by atoms with Crippen molar-refractivity contribution in [3.05, 3.63) is 12.2 Å². The molecule has 0 aliphatic heterocycles. The molecule has 1 fully saturated rings. The van der Waals surface area contributed by atoms with E-state index >= 15 is 0 Å². The summed E-state index contributed by atoms with van der Waals surface area (Å²) in [5, 5.41) is 0. The minimum Gasteiger partial charge on any atom is -0.0914 e. The molecule has 1 aliphatic rings. The Bertz CT molecular complexity index is 243. The van der Waals surface area contributed by atoms with Crippen LogP contribution in [0.2, 0.25) is 0 Å². The second kappa shape index (κ2) is 10.5. The van der Waals surface area contributed by atoms with Gasteiger partial charge in [0.25, 0.3) is 0 Å². The molecule has 1 unspecified atom stereocenters. The summed E-state index contributed by atoms with van der Waals surface area (Å²) in [4.78, 5) is 0. The first-order chi connectivity index (χ1) is 9.61. The van der Waals surface area contributed by atoms with Crippen LogP contribution in [0.3, 0.4) is 0 Å². The van der Waals surface area contributed by atoms with Crippen molar-refractivity contribution >= 4 is 0 Å². The minimum absolute atomic E-state index is 0.887. The van der Waals surface area contributed by atoms with E-state index in [-0.39, 0.29) is 0 Å². The maximum atomic E-state index is 2.47. The van der Waals surface area contributed by atoms with Gasteiger partial charge in [-0.25, -0.2) is 0 Å². The van der Waals surface area contributed by atoms with Crippen molar-refractivity contribution in [1.29, 1.82) is 0 Å². The molecule has 0 aromatic carbocycles. The lowest BCUT2D eigenvalue weighted by Crippen LogP contribution is -2.14. The highest BCUT2D eigenvalue weighted by atomic mass is 14.2. The smallest absolute Gasteiger partial charge is 0.0233 e. The summed E-state index contributed by atoms with van der Waals surface area (Å²) in [7, 11) is 0. The van der Waals surface area contributed by atoms with Crippen LogP contribution < -0.4 is 0 Å². The zero-order valence-electron chi connectivity index (χ0n) is 14.5. The third kappa shape index (κ3) is 8.12. The van der Waals surface area contributed by atoms with E-state index in [2.05, 4.69) is 39.8 Å². The van der Waals surface area contributed by atoms with Gasteiger partial charge >= 0.3 is 0 Å². The third-order valence-electron chi connectivity index (χ3n) is 5.15. The maximum absolute atomic E-state index is 2.47. The van der Waals surface area contributed by atoms with Gasteiger partial charge in [-0.2, -0.15) is 0 Å². The monoisotopic (exact) mass is 278 g/mol. The molecule has 0 N–H and O–H groups in total. The standard InChI is InChI=1S/C20H38/c1-5-8-19-13-15-20(16-14-19)12-11-18(4)10-7-6-9-17(2)3/h5,8,17-20H,6-7,9-16H2,1-4H3. The molecule has 0 spiro atoms. The van der Waals surface area contributed by atoms with Crippen LogP contribution in [-0.4, -0.2) is 0 Å². The summed E-state index contributed by atoms with van der Waals surface area (Å²) in [5.74, 6) is 3.77. The van der Waals surface area contributed by atoms with E-state index in [1.165, 1.54) is 64.2 Å². The largest absolute Gasteiger partial charge is 0.0914 e. The Balaban J connectivity index is 2.03. The van der Waals surface area contributed by atoms with E-state index in [0.717, 1.165) is 23.7 Å². The van der Waals surface area contributed by atoms with Crippen LogP contribution in [0.5, 0.6) is 0 Å². The van der Waals surface area contributed by atoms with Crippen molar-refractivity contribution in [2.45, 2.75) is 91.9 Å². The fourth-order valence-electron chi connectivity index (χ4n) is 3.65. The Labute approximate surface area is 128 Å². The SMILES string of the molecule is CC=CC1CCC(CCC(C)CCCCC(C)C)CC1. The molecule has 0 bridgehead atoms. The lowest BCUT2D eigenvalue weighted by atomic mass is 9.78. The van der Waals surface area contributed by atoms with Crippen molar-refractivity contribution < 1.29 is 0 Å². The van der Waals surface area contributed by atoms with Crippen LogP contribution in [0.25, 0.3) is 0 Å². The van der Waals surface area contributed by atoms with Crippen molar-refractivity contribution in [2.24, 2.45) is 23.7 Å². The second-order valence-electron chi connectivity index (χ2n) is 7.67. The first kappa shape index (κ1) is 17.8. The topological polar surface area (TPSA) is 0 Å². The highest BCUT2D eigenvalue weighted by Crippen LogP contribution is 2.33. The molecular weight excluding hydrogens is 240 g/mol. The molecule has 0 nitrogen and oxygen atoms in total. The minimum atomic E-state index is 0.887. The summed E-state index contributed by atoms with van der Waals surface area (Å²) >= 11 is 0. The average molecular weight is 279 g/mol. The van der Waals surface area contributed by atoms with Crippen molar-refractivity contribution in [1.82, 2.24) is 0 Å². The number of allylic oxidation sites excluding steroid dienone is 2. The molecule has 0 heteroatoms. The zero-order chi connectivity index (χ0) is 14.8. The van der Waals surface area contributed by atoms with E-state index in [1.54, 1.807) is 0 Å². The van der Waals surface area contributed by atoms with Gasteiger partial charge in [0.1, 0.15) is 0 Å². The lowest BCUT2D eigenvalue weighted by Gasteiger charge is -2.27. The van der Waals surface area contributed by atoms with Crippen LogP contribution in [0.4, 0.5) is 0 Å². The van der Waals surface area contributed by atoms with E-state index in [9.17, 15) is 0 Å². The normalized spacial score (nSPS) is 25.4. The Morgan fingerprint density at radius 3 is 2.15 bits per heavy atom. The van der Waals surface area contributed by atoms with E-state index in [1.807, 2.05) is 0 Å². The van der Waals surface area contributed by atoms with Crippen LogP contribution in [0.15, 0.2) is 12.2 Å². The van der Waals surface area contributed by atoms with Gasteiger partial charge in [-0.3, -0.25) is 0 Å². The highest BCUT2D eigenvalue weighted by molar-refractivity contribution is 4.88. The molecule has 0 aromatic rings. The summed E-state index contributed by atoms with van der Waals surface area (Å²) in [5.41, 5.74) is 0. The van der Waals surface area contributed by atoms with Gasteiger partial charge in [0.15, 0.2) is 0 Å². The fraction of sp³-hybridized carbons (Fsp3) is 0.900. The molecule has 1 atom stereocenters. The molecule has 1 saturated carbocycles. The number of rotatable bonds is 9. The summed E-state index contributed by atoms with van der Waals surface area (Å²) in [6, 6.07) is 0. The second-order valence-corrected chi connectivity index (χ2v) is 7.67. The Hall–Kier alpha value is -0.260. The summed E-state index contributed by atoms with van der Waals surface area (Å²) in [6.07, 6.45) is 19.2. The molecular formula is C20H38. The summed E-state index contributed by atoms with van der Waals surface area (Å²) in [6.45, 7) is 9.31. The Kier molecular flexibility index (Phi) is 9.31. The van der Waals surface area contributed by atoms with Crippen molar-refractivity contribution in [3.63, 3.8) is 0 Å². The van der Waals surface area contributed by atoms with Crippen LogP contribution >= 0.6 is 0 Å². The highest BCUT2D eigenvalue weighted by Gasteiger charge is 2.19. The average Bonchev–Trinajstić information content (AvgIpc) is 2.43. The van der Waals surface area contributed by atoms with Gasteiger partial charge in [0, 0.05) is 0 Å². The third-order valence-corrected chi connectivity index (χ3v) is 5.15. The van der Waals surface area contributed by atoms with E-state index in [0.29, 0.717) is 0 Å². The molecule has 118 valence electrons. The molecule has 0 saturated heterocycles. The van der Waals surface area contributed by atoms with Gasteiger partial charge in [-0.05, 0) is 56.3 Å². The molecule has 0 aromatic heterocycles. The molecule has 1 aliphatic carbocycles. The predicted octanol–water partition coefficient (Wildman–Crippen LogP) is 7.00. The van der Waals surface area contributed by atoms with Gasteiger partial charge in [-0.15, -0.1) is 0 Å². The predicted molar refractivity (Wildman–Crippen MR) is 92.0 cm³/mol. The molecule has 1 rings (SSSR count). The van der Waals surface area contributed by atoms with E-state index in [4.69, 9.17) is 0 Å². The fourth-order valence-corrected chi connectivity index (χ4v) is 3.65. The van der Waals surface area contributed by atoms with Crippen LogP contribution in [0, 0.1) is 23.7 Å². The number of hydrogen-bond donors (Lipinski definition) is 0. The molecule has 0 radical (unpaired) electrons. The maximum Gasteiger partial charge on any atom is -0.0233 e. The zero-order valence-corrected chi connectivity index (χ0v) is 14.5. The number of hydrogen-bond acceptors (Lipinski definition) is 0. The lowest BCUT2D eigenvalue weighted by molar-refractivity contribution is 0.274. The Morgan fingerprint density at radius 1 is 0.900 bits per heavy atom. The first-order valence-electron chi connectivity index (χ1n) is 9.24. The van der Waals surface area contributed by atoms with Crippen molar-refractivity contribution in [2.75, 3.05) is 0 Å². The van der Waals surface area contributed by atoms with Crippen molar-refractivity contribution in [3.8, 4) is 0 Å². The van der Waals surface area contributed by atoms with Gasteiger partial charge in [0.2, 0.25) is 0 Å². The number of unbranched alkanes of at least 4 members (excludes halogenated alkanes) is 1. The van der Waals surface area contributed by atoms with Crippen LogP contribution in [-0.2, 0) is 0 Å². The molecule has 0 heterocycles.